The first-order valence-corrected chi connectivity index (χ1v) is 17.9. The van der Waals surface area contributed by atoms with Crippen molar-refractivity contribution in [2.24, 2.45) is 0 Å². The molecule has 0 spiro atoms. The van der Waals surface area contributed by atoms with Gasteiger partial charge in [-0.3, -0.25) is 19.3 Å². The highest BCUT2D eigenvalue weighted by molar-refractivity contribution is 7.89. The quantitative estimate of drug-likeness (QED) is 0.282. The van der Waals surface area contributed by atoms with E-state index in [4.69, 9.17) is 0 Å². The Bertz CT molecular complexity index is 2000. The molecule has 1 saturated carbocycles. The van der Waals surface area contributed by atoms with Crippen LogP contribution in [0.3, 0.4) is 0 Å². The third-order valence-corrected chi connectivity index (χ3v) is 9.50. The summed E-state index contributed by atoms with van der Waals surface area (Å²) in [4.78, 5) is 43.8. The molecule has 1 aromatic heterocycles. The molecular weight excluding hydrogens is 614 g/mol. The summed E-state index contributed by atoms with van der Waals surface area (Å²) in [6.45, 7) is 6.90. The molecule has 2 N–H and O–H groups in total. The van der Waals surface area contributed by atoms with Crippen LogP contribution in [0.15, 0.2) is 71.7 Å². The first-order valence-electron chi connectivity index (χ1n) is 16.0. The molecule has 1 aliphatic carbocycles. The summed E-state index contributed by atoms with van der Waals surface area (Å²) < 4.78 is 26.7. The highest BCUT2D eigenvalue weighted by atomic mass is 32.2. The van der Waals surface area contributed by atoms with E-state index in [2.05, 4.69) is 28.2 Å². The van der Waals surface area contributed by atoms with Gasteiger partial charge in [-0.15, -0.1) is 0 Å². The average molecular weight is 656 g/mol. The van der Waals surface area contributed by atoms with Crippen molar-refractivity contribution in [3.8, 4) is 11.1 Å². The molecule has 0 atom stereocenters. The van der Waals surface area contributed by atoms with Crippen LogP contribution in [0.25, 0.3) is 21.9 Å². The van der Waals surface area contributed by atoms with Gasteiger partial charge in [-0.2, -0.15) is 0 Å². The number of aryl methyl sites for hydroxylation is 1. The lowest BCUT2D eigenvalue weighted by atomic mass is 9.94. The number of aromatic nitrogens is 1. The summed E-state index contributed by atoms with van der Waals surface area (Å²) in [7, 11) is -1.54. The van der Waals surface area contributed by atoms with E-state index in [9.17, 15) is 22.8 Å². The van der Waals surface area contributed by atoms with Crippen molar-refractivity contribution < 1.29 is 18.0 Å². The second kappa shape index (κ2) is 13.4. The molecule has 246 valence electrons. The van der Waals surface area contributed by atoms with Crippen LogP contribution in [0, 0.1) is 6.92 Å². The van der Waals surface area contributed by atoms with Crippen LogP contribution in [-0.2, 0) is 23.1 Å². The minimum absolute atomic E-state index is 0.0618. The minimum atomic E-state index is -3.68. The number of nitrogens with one attached hydrogen (secondary N) is 2. The van der Waals surface area contributed by atoms with E-state index in [1.54, 1.807) is 28.8 Å². The average Bonchev–Trinajstić information content (AvgIpc) is 3.87. The summed E-state index contributed by atoms with van der Waals surface area (Å²) in [5.74, 6) is -0.763. The van der Waals surface area contributed by atoms with Crippen LogP contribution in [0.2, 0.25) is 0 Å². The maximum absolute atomic E-state index is 13.9. The Labute approximate surface area is 275 Å². The number of hydrogen-bond donors (Lipinski definition) is 2. The lowest BCUT2D eigenvalue weighted by molar-refractivity contribution is 0.0948. The second-order valence-corrected chi connectivity index (χ2v) is 14.7. The Hall–Kier alpha value is -4.32. The van der Waals surface area contributed by atoms with E-state index >= 15 is 0 Å². The van der Waals surface area contributed by atoms with Gasteiger partial charge in [0, 0.05) is 48.4 Å². The van der Waals surface area contributed by atoms with Crippen molar-refractivity contribution in [3.05, 3.63) is 105 Å². The first-order chi connectivity index (χ1) is 22.4. The third-order valence-electron chi connectivity index (χ3n) is 8.95. The van der Waals surface area contributed by atoms with Gasteiger partial charge in [0.25, 0.3) is 17.4 Å². The fourth-order valence-electron chi connectivity index (χ4n) is 6.13. The number of carbonyl (C=O) groups excluding carboxylic acids is 2. The fraction of sp³-hybridized carbons (Fsp3) is 0.361. The lowest BCUT2D eigenvalue weighted by Gasteiger charge is -2.22. The normalized spacial score (nSPS) is 16.1. The smallest absolute Gasteiger partial charge is 0.264 e. The van der Waals surface area contributed by atoms with Gasteiger partial charge in [0.15, 0.2) is 0 Å². The maximum atomic E-state index is 13.9. The molecule has 0 bridgehead atoms. The molecular formula is C36H41N5O5S. The van der Waals surface area contributed by atoms with Crippen molar-refractivity contribution in [1.82, 2.24) is 24.4 Å². The summed E-state index contributed by atoms with van der Waals surface area (Å²) in [6.07, 6.45) is 5.99. The standard InChI is InChI=1S/C36H41N5O5S/c1-24-5-8-28(34(42)37-30-12-13-30)20-32(24)27-11-14-31-33(19-27)29(22-40-16-4-15-39(2)17-18-40)23-41(36(31)44)21-25-6-9-26(10-7-25)35(43)38-47(3,45)46/h5-11,14,19-20,23,30H,4,12-13,15-18,21-22H2,1-3H3,(H,37,42)(H,38,43). The van der Waals surface area contributed by atoms with E-state index < -0.39 is 15.9 Å². The van der Waals surface area contributed by atoms with Crippen molar-refractivity contribution in [3.63, 3.8) is 0 Å². The van der Waals surface area contributed by atoms with Crippen LogP contribution >= 0.6 is 0 Å². The molecule has 3 aromatic carbocycles. The van der Waals surface area contributed by atoms with Crippen LogP contribution < -0.4 is 15.6 Å². The number of fused-ring (bicyclic) bond motifs is 1. The molecule has 2 fully saturated rings. The van der Waals surface area contributed by atoms with Crippen molar-refractivity contribution in [2.45, 2.75) is 45.3 Å². The molecule has 47 heavy (non-hydrogen) atoms. The number of nitrogens with zero attached hydrogens (tertiary/aromatic N) is 3. The zero-order valence-electron chi connectivity index (χ0n) is 27.1. The summed E-state index contributed by atoms with van der Waals surface area (Å²) >= 11 is 0. The molecule has 0 unspecified atom stereocenters. The fourth-order valence-corrected chi connectivity index (χ4v) is 6.59. The Balaban J connectivity index is 1.37. The van der Waals surface area contributed by atoms with E-state index in [1.807, 2.05) is 48.2 Å². The summed E-state index contributed by atoms with van der Waals surface area (Å²) in [5, 5.41) is 4.58. The highest BCUT2D eigenvalue weighted by Gasteiger charge is 2.24. The molecule has 2 heterocycles. The number of likely N-dealkylation sites (N-methyl/N-ethyl adjacent to an activating group) is 1. The van der Waals surface area contributed by atoms with Crippen LogP contribution in [0.4, 0.5) is 0 Å². The lowest BCUT2D eigenvalue weighted by Crippen LogP contribution is -2.30. The predicted octanol–water partition coefficient (Wildman–Crippen LogP) is 3.74. The van der Waals surface area contributed by atoms with E-state index in [0.717, 1.165) is 84.9 Å². The molecule has 0 radical (unpaired) electrons. The zero-order valence-corrected chi connectivity index (χ0v) is 27.9. The number of hydrogen-bond acceptors (Lipinski definition) is 7. The summed E-state index contributed by atoms with van der Waals surface area (Å²) in [6, 6.07) is 18.6. The molecule has 2 amide bonds. The van der Waals surface area contributed by atoms with Gasteiger partial charge < -0.3 is 14.8 Å². The first kappa shape index (κ1) is 32.6. The van der Waals surface area contributed by atoms with Crippen molar-refractivity contribution in [2.75, 3.05) is 39.5 Å². The van der Waals surface area contributed by atoms with Gasteiger partial charge in [0.05, 0.1) is 12.8 Å². The zero-order chi connectivity index (χ0) is 33.3. The van der Waals surface area contributed by atoms with Gasteiger partial charge in [0.1, 0.15) is 0 Å². The Morgan fingerprint density at radius 1 is 0.851 bits per heavy atom. The number of carbonyl (C=O) groups is 2. The Morgan fingerprint density at radius 3 is 2.32 bits per heavy atom. The minimum Gasteiger partial charge on any atom is -0.349 e. The largest absolute Gasteiger partial charge is 0.349 e. The van der Waals surface area contributed by atoms with Crippen molar-refractivity contribution >= 4 is 32.6 Å². The van der Waals surface area contributed by atoms with E-state index in [1.165, 1.54) is 0 Å². The van der Waals surface area contributed by atoms with E-state index in [-0.39, 0.29) is 29.6 Å². The number of rotatable bonds is 9. The Morgan fingerprint density at radius 2 is 1.60 bits per heavy atom. The second-order valence-electron chi connectivity index (χ2n) is 13.0. The molecule has 1 saturated heterocycles. The number of amides is 2. The van der Waals surface area contributed by atoms with Crippen LogP contribution in [0.1, 0.15) is 56.7 Å². The Kier molecular flexibility index (Phi) is 9.32. The van der Waals surface area contributed by atoms with Gasteiger partial charge in [-0.05, 0) is 116 Å². The number of pyridine rings is 1. The molecule has 10 nitrogen and oxygen atoms in total. The van der Waals surface area contributed by atoms with E-state index in [0.29, 0.717) is 17.5 Å². The maximum Gasteiger partial charge on any atom is 0.264 e. The van der Waals surface area contributed by atoms with Crippen LogP contribution in [-0.4, -0.2) is 80.1 Å². The van der Waals surface area contributed by atoms with Crippen molar-refractivity contribution in [1.29, 1.82) is 0 Å². The summed E-state index contributed by atoms with van der Waals surface area (Å²) in [5.41, 5.74) is 5.52. The topological polar surface area (TPSA) is 121 Å². The highest BCUT2D eigenvalue weighted by Crippen LogP contribution is 2.30. The van der Waals surface area contributed by atoms with Gasteiger partial charge in [-0.25, -0.2) is 13.1 Å². The predicted molar refractivity (Wildman–Crippen MR) is 184 cm³/mol. The number of sulfonamides is 1. The monoisotopic (exact) mass is 655 g/mol. The molecule has 4 aromatic rings. The number of benzene rings is 3. The van der Waals surface area contributed by atoms with Gasteiger partial charge >= 0.3 is 0 Å². The third kappa shape index (κ3) is 7.98. The van der Waals surface area contributed by atoms with Gasteiger partial charge in [-0.1, -0.05) is 24.3 Å². The molecule has 1 aliphatic heterocycles. The molecule has 11 heteroatoms. The SMILES string of the molecule is Cc1ccc(C(=O)NC2CC2)cc1-c1ccc2c(=O)n(Cc3ccc(C(=O)NS(C)(=O)=O)cc3)cc(CN3CCCN(C)CC3)c2c1. The molecule has 6 rings (SSSR count). The van der Waals surface area contributed by atoms with Crippen LogP contribution in [0.5, 0.6) is 0 Å². The molecule has 2 aliphatic rings. The van der Waals surface area contributed by atoms with Gasteiger partial charge in [0.2, 0.25) is 10.0 Å².